The minimum atomic E-state index is 0.829. The number of nitrogens with zero attached hydrogens (tertiary/aromatic N) is 1. The SMILES string of the molecule is [CH2]c1ccc(C)cn1. The standard InChI is InChI=1S/C7H8N/c1-6-3-4-7(2)8-5-6/h3-5H,2H2,1H3. The molecular weight excluding hydrogens is 98.1 g/mol. The molecule has 0 N–H and O–H groups in total. The van der Waals surface area contributed by atoms with Crippen LogP contribution < -0.4 is 0 Å². The van der Waals surface area contributed by atoms with Gasteiger partial charge in [-0.15, -0.1) is 0 Å². The Kier molecular flexibility index (Phi) is 1.29. The van der Waals surface area contributed by atoms with E-state index in [1.54, 1.807) is 0 Å². The van der Waals surface area contributed by atoms with Crippen LogP contribution in [-0.4, -0.2) is 4.98 Å². The number of rotatable bonds is 0. The average Bonchev–Trinajstić information content (AvgIpc) is 1.77. The van der Waals surface area contributed by atoms with Crippen molar-refractivity contribution in [3.05, 3.63) is 36.5 Å². The largest absolute Gasteiger partial charge is 0.261 e. The zero-order valence-corrected chi connectivity index (χ0v) is 4.89. The van der Waals surface area contributed by atoms with Crippen molar-refractivity contribution in [2.45, 2.75) is 6.92 Å². The Labute approximate surface area is 49.4 Å². The number of aryl methyl sites for hydroxylation is 1. The van der Waals surface area contributed by atoms with Crippen LogP contribution in [0, 0.1) is 13.8 Å². The van der Waals surface area contributed by atoms with Crippen molar-refractivity contribution in [1.82, 2.24) is 4.98 Å². The molecule has 0 spiro atoms. The third kappa shape index (κ3) is 1.06. The molecule has 0 aromatic carbocycles. The fraction of sp³-hybridized carbons (Fsp3) is 0.143. The van der Waals surface area contributed by atoms with Crippen LogP contribution >= 0.6 is 0 Å². The Morgan fingerprint density at radius 3 is 2.62 bits per heavy atom. The van der Waals surface area contributed by atoms with Gasteiger partial charge in [-0.3, -0.25) is 4.98 Å². The summed E-state index contributed by atoms with van der Waals surface area (Å²) in [5.74, 6) is 0. The van der Waals surface area contributed by atoms with Crippen molar-refractivity contribution >= 4 is 0 Å². The molecule has 0 saturated carbocycles. The summed E-state index contributed by atoms with van der Waals surface area (Å²) < 4.78 is 0. The lowest BCUT2D eigenvalue weighted by Gasteiger charge is -1.89. The van der Waals surface area contributed by atoms with Gasteiger partial charge in [0.15, 0.2) is 0 Å². The van der Waals surface area contributed by atoms with E-state index in [1.165, 1.54) is 5.56 Å². The van der Waals surface area contributed by atoms with Crippen LogP contribution in [0.15, 0.2) is 18.3 Å². The van der Waals surface area contributed by atoms with E-state index in [4.69, 9.17) is 0 Å². The van der Waals surface area contributed by atoms with E-state index in [0.29, 0.717) is 0 Å². The summed E-state index contributed by atoms with van der Waals surface area (Å²) in [6.45, 7) is 5.66. The van der Waals surface area contributed by atoms with Crippen molar-refractivity contribution in [1.29, 1.82) is 0 Å². The molecule has 8 heavy (non-hydrogen) atoms. The molecule has 0 unspecified atom stereocenters. The number of aromatic nitrogens is 1. The Hall–Kier alpha value is -0.850. The highest BCUT2D eigenvalue weighted by Gasteiger charge is 1.81. The van der Waals surface area contributed by atoms with Crippen LogP contribution in [0.25, 0.3) is 0 Å². The van der Waals surface area contributed by atoms with Gasteiger partial charge in [-0.25, -0.2) is 0 Å². The molecule has 1 nitrogen and oxygen atoms in total. The smallest absolute Gasteiger partial charge is 0.0407 e. The highest BCUT2D eigenvalue weighted by Crippen LogP contribution is 1.94. The van der Waals surface area contributed by atoms with Gasteiger partial charge in [-0.05, 0) is 25.5 Å². The molecule has 1 aromatic rings. The monoisotopic (exact) mass is 106 g/mol. The van der Waals surface area contributed by atoms with Gasteiger partial charge in [0.05, 0.1) is 0 Å². The first-order chi connectivity index (χ1) is 3.79. The molecule has 41 valence electrons. The summed E-state index contributed by atoms with van der Waals surface area (Å²) in [7, 11) is 0. The summed E-state index contributed by atoms with van der Waals surface area (Å²) in [5, 5.41) is 0. The third-order valence-corrected chi connectivity index (χ3v) is 0.973. The van der Waals surface area contributed by atoms with Crippen LogP contribution in [0.4, 0.5) is 0 Å². The summed E-state index contributed by atoms with van der Waals surface area (Å²) >= 11 is 0. The minimum absolute atomic E-state index is 0.829. The van der Waals surface area contributed by atoms with Gasteiger partial charge in [0, 0.05) is 11.9 Å². The first-order valence-electron chi connectivity index (χ1n) is 2.53. The van der Waals surface area contributed by atoms with Gasteiger partial charge in [0.1, 0.15) is 0 Å². The summed E-state index contributed by atoms with van der Waals surface area (Å²) in [5.41, 5.74) is 2.01. The van der Waals surface area contributed by atoms with Crippen LogP contribution in [-0.2, 0) is 0 Å². The van der Waals surface area contributed by atoms with Gasteiger partial charge in [0.25, 0.3) is 0 Å². The predicted molar refractivity (Wildman–Crippen MR) is 33.4 cm³/mol. The molecule has 0 atom stereocenters. The van der Waals surface area contributed by atoms with Crippen LogP contribution in [0.3, 0.4) is 0 Å². The Balaban J connectivity index is 3.03. The van der Waals surface area contributed by atoms with Crippen molar-refractivity contribution in [2.75, 3.05) is 0 Å². The normalized spacial score (nSPS) is 9.25. The lowest BCUT2D eigenvalue weighted by atomic mass is 10.3. The molecule has 1 aromatic heterocycles. The minimum Gasteiger partial charge on any atom is -0.261 e. The molecule has 1 rings (SSSR count). The Bertz CT molecular complexity index is 143. The highest BCUT2D eigenvalue weighted by molar-refractivity contribution is 5.13. The molecule has 0 aliphatic carbocycles. The van der Waals surface area contributed by atoms with Crippen molar-refractivity contribution in [2.24, 2.45) is 0 Å². The quantitative estimate of drug-likeness (QED) is 0.489. The number of hydrogen-bond donors (Lipinski definition) is 0. The second-order valence-corrected chi connectivity index (χ2v) is 1.83. The molecule has 0 aliphatic rings. The Morgan fingerprint density at radius 2 is 2.25 bits per heavy atom. The van der Waals surface area contributed by atoms with E-state index in [0.717, 1.165) is 5.69 Å². The Morgan fingerprint density at radius 1 is 1.50 bits per heavy atom. The van der Waals surface area contributed by atoms with Gasteiger partial charge in [-0.2, -0.15) is 0 Å². The summed E-state index contributed by atoms with van der Waals surface area (Å²) in [4.78, 5) is 3.97. The molecule has 0 fully saturated rings. The lowest BCUT2D eigenvalue weighted by Crippen LogP contribution is -1.78. The molecule has 0 aliphatic heterocycles. The predicted octanol–water partition coefficient (Wildman–Crippen LogP) is 1.57. The van der Waals surface area contributed by atoms with Crippen molar-refractivity contribution in [3.63, 3.8) is 0 Å². The summed E-state index contributed by atoms with van der Waals surface area (Å²) in [6.07, 6.45) is 1.81. The van der Waals surface area contributed by atoms with E-state index >= 15 is 0 Å². The molecular formula is C7H8N. The third-order valence-electron chi connectivity index (χ3n) is 0.973. The van der Waals surface area contributed by atoms with E-state index in [1.807, 2.05) is 25.3 Å². The van der Waals surface area contributed by atoms with Crippen molar-refractivity contribution < 1.29 is 0 Å². The molecule has 0 bridgehead atoms. The van der Waals surface area contributed by atoms with Gasteiger partial charge >= 0.3 is 0 Å². The first-order valence-corrected chi connectivity index (χ1v) is 2.53. The van der Waals surface area contributed by atoms with Crippen LogP contribution in [0.2, 0.25) is 0 Å². The second-order valence-electron chi connectivity index (χ2n) is 1.83. The van der Waals surface area contributed by atoms with Gasteiger partial charge in [0.2, 0.25) is 0 Å². The topological polar surface area (TPSA) is 12.9 Å². The second kappa shape index (κ2) is 1.95. The van der Waals surface area contributed by atoms with Gasteiger partial charge < -0.3 is 0 Å². The molecule has 0 saturated heterocycles. The summed E-state index contributed by atoms with van der Waals surface area (Å²) in [6, 6.07) is 3.89. The van der Waals surface area contributed by atoms with Gasteiger partial charge in [-0.1, -0.05) is 6.07 Å². The van der Waals surface area contributed by atoms with Crippen molar-refractivity contribution in [3.8, 4) is 0 Å². The lowest BCUT2D eigenvalue weighted by molar-refractivity contribution is 1.22. The van der Waals surface area contributed by atoms with Crippen LogP contribution in [0.1, 0.15) is 11.3 Å². The van der Waals surface area contributed by atoms with E-state index < -0.39 is 0 Å². The molecule has 1 radical (unpaired) electrons. The maximum atomic E-state index is 3.97. The molecule has 1 heterocycles. The number of pyridine rings is 1. The average molecular weight is 106 g/mol. The zero-order valence-electron chi connectivity index (χ0n) is 4.89. The fourth-order valence-corrected chi connectivity index (χ4v) is 0.498. The molecule has 0 amide bonds. The van der Waals surface area contributed by atoms with E-state index in [-0.39, 0.29) is 0 Å². The zero-order chi connectivity index (χ0) is 5.98. The van der Waals surface area contributed by atoms with Crippen LogP contribution in [0.5, 0.6) is 0 Å². The number of hydrogen-bond acceptors (Lipinski definition) is 1. The maximum Gasteiger partial charge on any atom is 0.0407 e. The maximum absolute atomic E-state index is 3.97. The molecule has 1 heteroatoms. The van der Waals surface area contributed by atoms with E-state index in [2.05, 4.69) is 11.9 Å². The van der Waals surface area contributed by atoms with E-state index in [9.17, 15) is 0 Å². The highest BCUT2D eigenvalue weighted by atomic mass is 14.6. The fourth-order valence-electron chi connectivity index (χ4n) is 0.498. The first kappa shape index (κ1) is 5.29.